The minimum Gasteiger partial charge on any atom is -0.480 e. The monoisotopic (exact) mass is 412 g/mol. The number of carboxylic acids is 1. The van der Waals surface area contributed by atoms with E-state index in [0.717, 1.165) is 22.3 Å². The van der Waals surface area contributed by atoms with Gasteiger partial charge in [-0.1, -0.05) is 48.5 Å². The van der Waals surface area contributed by atoms with Crippen LogP contribution in [-0.2, 0) is 14.3 Å². The van der Waals surface area contributed by atoms with Crippen molar-refractivity contribution in [2.75, 3.05) is 13.2 Å². The molecule has 2 aromatic carbocycles. The number of alkyl carbamates (subject to hydrolysis) is 1. The topological polar surface area (TPSA) is 125 Å². The van der Waals surface area contributed by atoms with E-state index in [4.69, 9.17) is 14.9 Å². The van der Waals surface area contributed by atoms with Crippen LogP contribution in [-0.4, -0.2) is 53.5 Å². The number of benzene rings is 2. The molecule has 1 aliphatic rings. The fraction of sp³-hybridized carbons (Fsp3) is 0.318. The molecule has 3 rings (SSSR count). The summed E-state index contributed by atoms with van der Waals surface area (Å²) in [4.78, 5) is 34.9. The Balaban J connectivity index is 1.54. The van der Waals surface area contributed by atoms with E-state index in [9.17, 15) is 14.4 Å². The largest absolute Gasteiger partial charge is 0.480 e. The minimum atomic E-state index is -1.38. The maximum Gasteiger partial charge on any atom is 0.407 e. The smallest absolute Gasteiger partial charge is 0.407 e. The molecule has 8 heteroatoms. The van der Waals surface area contributed by atoms with Crippen LogP contribution in [0.4, 0.5) is 4.79 Å². The molecule has 0 saturated heterocycles. The molecule has 30 heavy (non-hydrogen) atoms. The molecule has 2 aromatic rings. The summed E-state index contributed by atoms with van der Waals surface area (Å²) in [7, 11) is 0. The molecule has 0 aliphatic heterocycles. The highest BCUT2D eigenvalue weighted by Gasteiger charge is 2.29. The zero-order chi connectivity index (χ0) is 21.7. The molecule has 2 amide bonds. The molecule has 8 nitrogen and oxygen atoms in total. The Labute approximate surface area is 173 Å². The summed E-state index contributed by atoms with van der Waals surface area (Å²) in [5.41, 5.74) is 4.46. The van der Waals surface area contributed by atoms with Crippen LogP contribution in [0, 0.1) is 0 Å². The summed E-state index contributed by atoms with van der Waals surface area (Å²) in [6, 6.07) is 14.0. The zero-order valence-electron chi connectivity index (χ0n) is 16.5. The standard InChI is InChI=1S/C22H24N2O6/c1-13(10-20(26)24-19(11-25)21(27)28)23-22(29)30-12-18-16-8-4-2-6-14(16)15-7-3-5-9-17(15)18/h2-9,13,18-19,25H,10-12H2,1H3,(H,23,29)(H,24,26)(H,27,28)/t13?,19-/m1/s1. The van der Waals surface area contributed by atoms with Crippen molar-refractivity contribution in [3.05, 3.63) is 59.7 Å². The molecule has 1 unspecified atom stereocenters. The van der Waals surface area contributed by atoms with Crippen LogP contribution in [0.5, 0.6) is 0 Å². The van der Waals surface area contributed by atoms with E-state index < -0.39 is 36.7 Å². The number of ether oxygens (including phenoxy) is 1. The first-order valence-corrected chi connectivity index (χ1v) is 9.65. The van der Waals surface area contributed by atoms with Gasteiger partial charge >= 0.3 is 12.1 Å². The summed E-state index contributed by atoms with van der Waals surface area (Å²) >= 11 is 0. The molecule has 4 N–H and O–H groups in total. The van der Waals surface area contributed by atoms with Gasteiger partial charge in [0.1, 0.15) is 12.6 Å². The molecule has 0 fully saturated rings. The second-order valence-corrected chi connectivity index (χ2v) is 7.22. The molecule has 0 saturated carbocycles. The van der Waals surface area contributed by atoms with Crippen molar-refractivity contribution >= 4 is 18.0 Å². The van der Waals surface area contributed by atoms with E-state index in [1.165, 1.54) is 0 Å². The SMILES string of the molecule is CC(CC(=O)N[C@H](CO)C(=O)O)NC(=O)OCC1c2ccccc2-c2ccccc21. The molecule has 0 aromatic heterocycles. The second kappa shape index (κ2) is 9.41. The molecule has 2 atom stereocenters. The van der Waals surface area contributed by atoms with Crippen molar-refractivity contribution in [2.24, 2.45) is 0 Å². The Morgan fingerprint density at radius 2 is 1.57 bits per heavy atom. The first-order valence-electron chi connectivity index (χ1n) is 9.65. The summed E-state index contributed by atoms with van der Waals surface area (Å²) in [6.45, 7) is 1.05. The minimum absolute atomic E-state index is 0.0670. The van der Waals surface area contributed by atoms with Gasteiger partial charge in [0.2, 0.25) is 5.91 Å². The van der Waals surface area contributed by atoms with Crippen LogP contribution in [0.1, 0.15) is 30.4 Å². The molecule has 0 bridgehead atoms. The van der Waals surface area contributed by atoms with Gasteiger partial charge in [0.15, 0.2) is 0 Å². The van der Waals surface area contributed by atoms with Gasteiger partial charge in [-0.3, -0.25) is 4.79 Å². The highest BCUT2D eigenvalue weighted by molar-refractivity contribution is 5.84. The van der Waals surface area contributed by atoms with Crippen molar-refractivity contribution in [1.29, 1.82) is 0 Å². The van der Waals surface area contributed by atoms with Gasteiger partial charge in [0.05, 0.1) is 6.61 Å². The Morgan fingerprint density at radius 3 is 2.10 bits per heavy atom. The van der Waals surface area contributed by atoms with Crippen LogP contribution in [0.15, 0.2) is 48.5 Å². The van der Waals surface area contributed by atoms with Gasteiger partial charge in [0.25, 0.3) is 0 Å². The van der Waals surface area contributed by atoms with Crippen molar-refractivity contribution < 1.29 is 29.3 Å². The number of hydrogen-bond acceptors (Lipinski definition) is 5. The number of nitrogens with one attached hydrogen (secondary N) is 2. The Kier molecular flexibility index (Phi) is 6.68. The summed E-state index contributed by atoms with van der Waals surface area (Å²) in [6.07, 6.45) is -0.803. The van der Waals surface area contributed by atoms with Crippen molar-refractivity contribution in [2.45, 2.75) is 31.3 Å². The van der Waals surface area contributed by atoms with Gasteiger partial charge in [-0.2, -0.15) is 0 Å². The van der Waals surface area contributed by atoms with Crippen LogP contribution in [0.2, 0.25) is 0 Å². The van der Waals surface area contributed by atoms with Gasteiger partial charge in [-0.05, 0) is 29.2 Å². The predicted octanol–water partition coefficient (Wildman–Crippen LogP) is 1.87. The van der Waals surface area contributed by atoms with Gasteiger partial charge < -0.3 is 25.6 Å². The first kappa shape index (κ1) is 21.3. The molecular formula is C22H24N2O6. The Hall–Kier alpha value is -3.39. The number of aliphatic carboxylic acids is 1. The van der Waals surface area contributed by atoms with Crippen LogP contribution >= 0.6 is 0 Å². The maximum atomic E-state index is 12.2. The molecule has 0 radical (unpaired) electrons. The summed E-state index contributed by atoms with van der Waals surface area (Å²) in [5.74, 6) is -1.99. The van der Waals surface area contributed by atoms with E-state index in [0.29, 0.717) is 0 Å². The lowest BCUT2D eigenvalue weighted by atomic mass is 9.98. The quantitative estimate of drug-likeness (QED) is 0.525. The molecule has 1 aliphatic carbocycles. The Bertz CT molecular complexity index is 899. The third-order valence-corrected chi connectivity index (χ3v) is 5.02. The lowest BCUT2D eigenvalue weighted by Gasteiger charge is -2.18. The first-order chi connectivity index (χ1) is 14.4. The van der Waals surface area contributed by atoms with Crippen molar-refractivity contribution in [1.82, 2.24) is 10.6 Å². The lowest BCUT2D eigenvalue weighted by molar-refractivity contribution is -0.143. The summed E-state index contributed by atoms with van der Waals surface area (Å²) in [5, 5.41) is 22.6. The average Bonchev–Trinajstić information content (AvgIpc) is 3.04. The predicted molar refractivity (Wildman–Crippen MR) is 109 cm³/mol. The van der Waals surface area contributed by atoms with E-state index in [2.05, 4.69) is 10.6 Å². The molecular weight excluding hydrogens is 388 g/mol. The van der Waals surface area contributed by atoms with Crippen LogP contribution in [0.25, 0.3) is 11.1 Å². The van der Waals surface area contributed by atoms with E-state index in [1.807, 2.05) is 48.5 Å². The number of fused-ring (bicyclic) bond motifs is 3. The molecule has 0 heterocycles. The number of carbonyl (C=O) groups is 3. The fourth-order valence-electron chi connectivity index (χ4n) is 3.61. The number of aliphatic hydroxyl groups is 1. The molecule has 0 spiro atoms. The third-order valence-electron chi connectivity index (χ3n) is 5.02. The number of carboxylic acid groups (broad SMARTS) is 1. The second-order valence-electron chi connectivity index (χ2n) is 7.22. The van der Waals surface area contributed by atoms with Gasteiger partial charge in [0, 0.05) is 18.4 Å². The highest BCUT2D eigenvalue weighted by atomic mass is 16.5. The van der Waals surface area contributed by atoms with E-state index in [-0.39, 0.29) is 18.9 Å². The average molecular weight is 412 g/mol. The van der Waals surface area contributed by atoms with Gasteiger partial charge in [-0.25, -0.2) is 9.59 Å². The molecule has 158 valence electrons. The van der Waals surface area contributed by atoms with E-state index in [1.54, 1.807) is 6.92 Å². The van der Waals surface area contributed by atoms with Crippen LogP contribution < -0.4 is 10.6 Å². The van der Waals surface area contributed by atoms with Crippen molar-refractivity contribution in [3.8, 4) is 11.1 Å². The number of aliphatic hydroxyl groups excluding tert-OH is 1. The number of hydrogen-bond donors (Lipinski definition) is 4. The Morgan fingerprint density at radius 1 is 1.00 bits per heavy atom. The number of amides is 2. The maximum absolute atomic E-state index is 12.2. The number of rotatable bonds is 8. The van der Waals surface area contributed by atoms with Crippen molar-refractivity contribution in [3.63, 3.8) is 0 Å². The fourth-order valence-corrected chi connectivity index (χ4v) is 3.61. The van der Waals surface area contributed by atoms with E-state index >= 15 is 0 Å². The lowest BCUT2D eigenvalue weighted by Crippen LogP contribution is -2.45. The van der Waals surface area contributed by atoms with Crippen LogP contribution in [0.3, 0.4) is 0 Å². The normalized spacial score (nSPS) is 14.2. The zero-order valence-corrected chi connectivity index (χ0v) is 16.5. The van der Waals surface area contributed by atoms with Gasteiger partial charge in [-0.15, -0.1) is 0 Å². The number of carbonyl (C=O) groups excluding carboxylic acids is 2. The highest BCUT2D eigenvalue weighted by Crippen LogP contribution is 2.44. The summed E-state index contributed by atoms with van der Waals surface area (Å²) < 4.78 is 5.42. The third kappa shape index (κ3) is 4.77.